The fraction of sp³-hybridized carbons (Fsp3) is 0.700. The fourth-order valence-electron chi connectivity index (χ4n) is 2.13. The molecule has 0 unspecified atom stereocenters. The van der Waals surface area contributed by atoms with Gasteiger partial charge in [-0.05, 0) is 19.8 Å². The lowest BCUT2D eigenvalue weighted by molar-refractivity contribution is -0.144. The van der Waals surface area contributed by atoms with Gasteiger partial charge in [0, 0.05) is 12.5 Å². The first-order valence-corrected chi connectivity index (χ1v) is 4.92. The molecule has 1 N–H and O–H groups in total. The van der Waals surface area contributed by atoms with Gasteiger partial charge >= 0.3 is 0 Å². The summed E-state index contributed by atoms with van der Waals surface area (Å²) in [5.74, 6) is 0.477. The van der Waals surface area contributed by atoms with Crippen LogP contribution in [0, 0.1) is 0 Å². The van der Waals surface area contributed by atoms with Crippen LogP contribution >= 0.6 is 0 Å². The summed E-state index contributed by atoms with van der Waals surface area (Å²) >= 11 is 0. The van der Waals surface area contributed by atoms with Crippen molar-refractivity contribution in [3.05, 3.63) is 11.8 Å². The maximum Gasteiger partial charge on any atom is 0.250 e. The molecule has 1 amide bonds. The van der Waals surface area contributed by atoms with Crippen LogP contribution in [0.4, 0.5) is 0 Å². The zero-order valence-electron chi connectivity index (χ0n) is 8.50. The van der Waals surface area contributed by atoms with Gasteiger partial charge in [0.1, 0.15) is 0 Å². The number of hydrogen-bond acceptors (Lipinski definition) is 3. The van der Waals surface area contributed by atoms with Crippen molar-refractivity contribution in [3.8, 4) is 0 Å². The first-order chi connectivity index (χ1) is 6.66. The van der Waals surface area contributed by atoms with Gasteiger partial charge in [0.25, 0.3) is 0 Å². The van der Waals surface area contributed by atoms with Crippen molar-refractivity contribution in [2.45, 2.75) is 38.0 Å². The van der Waals surface area contributed by atoms with Gasteiger partial charge in [-0.3, -0.25) is 4.79 Å². The van der Waals surface area contributed by atoms with Crippen LogP contribution in [0.2, 0.25) is 0 Å². The molecule has 1 fully saturated rings. The Morgan fingerprint density at radius 1 is 1.71 bits per heavy atom. The SMILES string of the molecule is COC1=CC(=O)N[C@]12CCC[C@H](C)O2. The van der Waals surface area contributed by atoms with Gasteiger partial charge in [-0.1, -0.05) is 0 Å². The monoisotopic (exact) mass is 197 g/mol. The highest BCUT2D eigenvalue weighted by Gasteiger charge is 2.45. The number of hydrogen-bond donors (Lipinski definition) is 1. The summed E-state index contributed by atoms with van der Waals surface area (Å²) in [4.78, 5) is 11.2. The average Bonchev–Trinajstić information content (AvgIpc) is 2.41. The molecule has 0 radical (unpaired) electrons. The summed E-state index contributed by atoms with van der Waals surface area (Å²) in [7, 11) is 1.57. The van der Waals surface area contributed by atoms with E-state index < -0.39 is 5.72 Å². The molecule has 4 nitrogen and oxygen atoms in total. The number of carbonyl (C=O) groups is 1. The molecule has 0 bridgehead atoms. The van der Waals surface area contributed by atoms with Gasteiger partial charge in [-0.15, -0.1) is 0 Å². The van der Waals surface area contributed by atoms with E-state index in [1.54, 1.807) is 7.11 Å². The van der Waals surface area contributed by atoms with E-state index in [4.69, 9.17) is 9.47 Å². The fourth-order valence-corrected chi connectivity index (χ4v) is 2.13. The third kappa shape index (κ3) is 1.39. The largest absolute Gasteiger partial charge is 0.496 e. The molecule has 0 aromatic carbocycles. The Balaban J connectivity index is 2.22. The maximum absolute atomic E-state index is 11.2. The van der Waals surface area contributed by atoms with Crippen LogP contribution in [0.5, 0.6) is 0 Å². The molecule has 2 heterocycles. The van der Waals surface area contributed by atoms with E-state index in [0.29, 0.717) is 5.76 Å². The summed E-state index contributed by atoms with van der Waals surface area (Å²) in [6, 6.07) is 0. The molecule has 2 aliphatic heterocycles. The molecule has 4 heteroatoms. The van der Waals surface area contributed by atoms with Crippen LogP contribution in [-0.2, 0) is 14.3 Å². The van der Waals surface area contributed by atoms with Gasteiger partial charge < -0.3 is 14.8 Å². The Kier molecular flexibility index (Phi) is 2.23. The van der Waals surface area contributed by atoms with Crippen molar-refractivity contribution < 1.29 is 14.3 Å². The first kappa shape index (κ1) is 9.52. The van der Waals surface area contributed by atoms with Crippen molar-refractivity contribution in [3.63, 3.8) is 0 Å². The van der Waals surface area contributed by atoms with Gasteiger partial charge in [0.2, 0.25) is 5.91 Å². The lowest BCUT2D eigenvalue weighted by Crippen LogP contribution is -2.51. The molecule has 2 rings (SSSR count). The third-order valence-corrected chi connectivity index (χ3v) is 2.75. The molecule has 0 saturated carbocycles. The Morgan fingerprint density at radius 2 is 2.50 bits per heavy atom. The molecular formula is C10H15NO3. The second-order valence-electron chi connectivity index (χ2n) is 3.85. The predicted molar refractivity (Wildman–Crippen MR) is 50.4 cm³/mol. The van der Waals surface area contributed by atoms with Gasteiger partial charge in [0.15, 0.2) is 11.5 Å². The van der Waals surface area contributed by atoms with E-state index >= 15 is 0 Å². The number of methoxy groups -OCH3 is 1. The Bertz CT molecular complexity index is 287. The van der Waals surface area contributed by atoms with E-state index in [0.717, 1.165) is 19.3 Å². The summed E-state index contributed by atoms with van der Waals surface area (Å²) in [5.41, 5.74) is -0.677. The molecule has 2 aliphatic rings. The normalized spacial score (nSPS) is 36.9. The van der Waals surface area contributed by atoms with E-state index in [1.807, 2.05) is 6.92 Å². The summed E-state index contributed by atoms with van der Waals surface area (Å²) in [6.45, 7) is 2.01. The second kappa shape index (κ2) is 3.28. The topological polar surface area (TPSA) is 47.6 Å². The molecule has 1 saturated heterocycles. The van der Waals surface area contributed by atoms with Crippen LogP contribution in [0.3, 0.4) is 0 Å². The third-order valence-electron chi connectivity index (χ3n) is 2.75. The van der Waals surface area contributed by atoms with Crippen molar-refractivity contribution in [1.29, 1.82) is 0 Å². The second-order valence-corrected chi connectivity index (χ2v) is 3.85. The molecule has 78 valence electrons. The van der Waals surface area contributed by atoms with Crippen molar-refractivity contribution in [2.75, 3.05) is 7.11 Å². The highest BCUT2D eigenvalue weighted by molar-refractivity contribution is 5.92. The van der Waals surface area contributed by atoms with E-state index in [1.165, 1.54) is 6.08 Å². The zero-order chi connectivity index (χ0) is 10.2. The van der Waals surface area contributed by atoms with Crippen LogP contribution in [-0.4, -0.2) is 24.8 Å². The van der Waals surface area contributed by atoms with Crippen molar-refractivity contribution in [1.82, 2.24) is 5.32 Å². The van der Waals surface area contributed by atoms with Crippen molar-refractivity contribution in [2.24, 2.45) is 0 Å². The van der Waals surface area contributed by atoms with Gasteiger partial charge in [-0.2, -0.15) is 0 Å². The van der Waals surface area contributed by atoms with Gasteiger partial charge in [-0.25, -0.2) is 0 Å². The highest BCUT2D eigenvalue weighted by atomic mass is 16.6. The molecule has 0 aromatic rings. The maximum atomic E-state index is 11.2. The van der Waals surface area contributed by atoms with E-state index in [9.17, 15) is 4.79 Å². The summed E-state index contributed by atoms with van der Waals surface area (Å²) < 4.78 is 11.0. The molecule has 0 aromatic heterocycles. The Hall–Kier alpha value is -1.03. The zero-order valence-corrected chi connectivity index (χ0v) is 8.50. The van der Waals surface area contributed by atoms with Gasteiger partial charge in [0.05, 0.1) is 13.2 Å². The summed E-state index contributed by atoms with van der Waals surface area (Å²) in [5, 5.41) is 2.82. The van der Waals surface area contributed by atoms with Crippen LogP contribution < -0.4 is 5.32 Å². The smallest absolute Gasteiger partial charge is 0.250 e. The van der Waals surface area contributed by atoms with E-state index in [2.05, 4.69) is 5.32 Å². The standard InChI is InChI=1S/C10H15NO3/c1-7-4-3-5-10(14-7)8(13-2)6-9(12)11-10/h6-7H,3-5H2,1-2H3,(H,11,12)/t7-,10-/m0/s1. The van der Waals surface area contributed by atoms with Crippen molar-refractivity contribution >= 4 is 5.91 Å². The minimum atomic E-state index is -0.677. The minimum absolute atomic E-state index is 0.129. The molecule has 14 heavy (non-hydrogen) atoms. The number of rotatable bonds is 1. The lowest BCUT2D eigenvalue weighted by atomic mass is 9.99. The van der Waals surface area contributed by atoms with Crippen LogP contribution in [0.25, 0.3) is 0 Å². The highest BCUT2D eigenvalue weighted by Crippen LogP contribution is 2.35. The molecule has 2 atom stereocenters. The summed E-state index contributed by atoms with van der Waals surface area (Å²) in [6.07, 6.45) is 4.51. The number of carbonyl (C=O) groups excluding carboxylic acids is 1. The lowest BCUT2D eigenvalue weighted by Gasteiger charge is -2.38. The quantitative estimate of drug-likeness (QED) is 0.680. The van der Waals surface area contributed by atoms with E-state index in [-0.39, 0.29) is 12.0 Å². The Morgan fingerprint density at radius 3 is 3.14 bits per heavy atom. The predicted octanol–water partition coefficient (Wildman–Crippen LogP) is 0.932. The average molecular weight is 197 g/mol. The first-order valence-electron chi connectivity index (χ1n) is 4.92. The number of nitrogens with one attached hydrogen (secondary N) is 1. The molecule has 0 aliphatic carbocycles. The number of amides is 1. The number of ether oxygens (including phenoxy) is 2. The molecule has 1 spiro atoms. The Labute approximate surface area is 83.3 Å². The minimum Gasteiger partial charge on any atom is -0.496 e. The molecular weight excluding hydrogens is 182 g/mol. The van der Waals surface area contributed by atoms with Crippen LogP contribution in [0.1, 0.15) is 26.2 Å². The van der Waals surface area contributed by atoms with Crippen LogP contribution in [0.15, 0.2) is 11.8 Å².